The standard InChI is InChI=1S/C9H14N4O2/c1-13-9(11-6-12-13)8(14)4-7-5-10-2-3-15-7/h6-7,10H,2-5H2,1H3. The fourth-order valence-electron chi connectivity index (χ4n) is 1.60. The first kappa shape index (κ1) is 10.3. The lowest BCUT2D eigenvalue weighted by molar-refractivity contribution is 0.0236. The number of carbonyl (C=O) groups excluding carboxylic acids is 1. The number of morpholine rings is 1. The normalized spacial score (nSPS) is 21.5. The summed E-state index contributed by atoms with van der Waals surface area (Å²) in [5.41, 5.74) is 0. The summed E-state index contributed by atoms with van der Waals surface area (Å²) in [5, 5.41) is 7.04. The number of Topliss-reactive ketones (excluding diaryl/α,β-unsaturated/α-hetero) is 1. The Morgan fingerprint density at radius 3 is 3.27 bits per heavy atom. The molecule has 15 heavy (non-hydrogen) atoms. The Morgan fingerprint density at radius 2 is 2.67 bits per heavy atom. The second kappa shape index (κ2) is 4.50. The van der Waals surface area contributed by atoms with E-state index in [0.717, 1.165) is 13.1 Å². The van der Waals surface area contributed by atoms with Crippen molar-refractivity contribution < 1.29 is 9.53 Å². The van der Waals surface area contributed by atoms with Crippen molar-refractivity contribution in [3.8, 4) is 0 Å². The van der Waals surface area contributed by atoms with Crippen LogP contribution in [0.25, 0.3) is 0 Å². The first-order valence-electron chi connectivity index (χ1n) is 4.97. The van der Waals surface area contributed by atoms with Gasteiger partial charge >= 0.3 is 0 Å². The summed E-state index contributed by atoms with van der Waals surface area (Å²) in [4.78, 5) is 15.7. The highest BCUT2D eigenvalue weighted by molar-refractivity contribution is 5.92. The van der Waals surface area contributed by atoms with Gasteiger partial charge in [0.25, 0.3) is 0 Å². The van der Waals surface area contributed by atoms with Crippen LogP contribution in [-0.2, 0) is 11.8 Å². The lowest BCUT2D eigenvalue weighted by Gasteiger charge is -2.22. The summed E-state index contributed by atoms with van der Waals surface area (Å²) in [6, 6.07) is 0. The Morgan fingerprint density at radius 1 is 1.80 bits per heavy atom. The minimum atomic E-state index is -0.0389. The maximum absolute atomic E-state index is 11.8. The molecular formula is C9H14N4O2. The Kier molecular flexibility index (Phi) is 3.08. The van der Waals surface area contributed by atoms with Gasteiger partial charge < -0.3 is 10.1 Å². The molecule has 0 aliphatic carbocycles. The van der Waals surface area contributed by atoms with Crippen LogP contribution in [0.15, 0.2) is 6.33 Å². The van der Waals surface area contributed by atoms with Crippen LogP contribution in [0.2, 0.25) is 0 Å². The van der Waals surface area contributed by atoms with Crippen LogP contribution in [-0.4, -0.2) is 46.3 Å². The van der Waals surface area contributed by atoms with Crippen molar-refractivity contribution in [1.82, 2.24) is 20.1 Å². The average molecular weight is 210 g/mol. The van der Waals surface area contributed by atoms with Gasteiger partial charge in [-0.3, -0.25) is 4.79 Å². The Hall–Kier alpha value is -1.27. The van der Waals surface area contributed by atoms with Gasteiger partial charge in [-0.05, 0) is 0 Å². The van der Waals surface area contributed by atoms with Gasteiger partial charge in [0.05, 0.1) is 12.7 Å². The molecule has 1 atom stereocenters. The molecule has 0 aromatic carbocycles. The number of aryl methyl sites for hydroxylation is 1. The van der Waals surface area contributed by atoms with E-state index in [9.17, 15) is 4.79 Å². The van der Waals surface area contributed by atoms with Gasteiger partial charge in [-0.2, -0.15) is 5.10 Å². The van der Waals surface area contributed by atoms with Gasteiger partial charge in [-0.25, -0.2) is 9.67 Å². The number of ether oxygens (including phenoxy) is 1. The Labute approximate surface area is 87.6 Å². The first-order valence-corrected chi connectivity index (χ1v) is 4.97. The van der Waals surface area contributed by atoms with Gasteiger partial charge in [0, 0.05) is 26.6 Å². The number of carbonyl (C=O) groups is 1. The third-order valence-corrected chi connectivity index (χ3v) is 2.38. The van der Waals surface area contributed by atoms with E-state index in [-0.39, 0.29) is 11.9 Å². The van der Waals surface area contributed by atoms with Crippen LogP contribution < -0.4 is 5.32 Å². The second-order valence-electron chi connectivity index (χ2n) is 3.53. The van der Waals surface area contributed by atoms with Gasteiger partial charge in [-0.15, -0.1) is 0 Å². The van der Waals surface area contributed by atoms with Crippen LogP contribution >= 0.6 is 0 Å². The van der Waals surface area contributed by atoms with Gasteiger partial charge in [-0.1, -0.05) is 0 Å². The molecule has 1 N–H and O–H groups in total. The minimum absolute atomic E-state index is 0.0244. The van der Waals surface area contributed by atoms with Crippen molar-refractivity contribution in [2.45, 2.75) is 12.5 Å². The van der Waals surface area contributed by atoms with Crippen molar-refractivity contribution in [3.63, 3.8) is 0 Å². The molecule has 2 heterocycles. The van der Waals surface area contributed by atoms with Crippen molar-refractivity contribution in [2.75, 3.05) is 19.7 Å². The number of nitrogens with one attached hydrogen (secondary N) is 1. The van der Waals surface area contributed by atoms with Gasteiger partial charge in [0.1, 0.15) is 6.33 Å². The summed E-state index contributed by atoms with van der Waals surface area (Å²) < 4.78 is 6.93. The summed E-state index contributed by atoms with van der Waals surface area (Å²) >= 11 is 0. The summed E-state index contributed by atoms with van der Waals surface area (Å²) in [6.07, 6.45) is 1.70. The minimum Gasteiger partial charge on any atom is -0.375 e. The van der Waals surface area contributed by atoms with Gasteiger partial charge in [0.2, 0.25) is 5.78 Å². The van der Waals surface area contributed by atoms with E-state index in [2.05, 4.69) is 15.4 Å². The van der Waals surface area contributed by atoms with E-state index in [1.54, 1.807) is 7.05 Å². The third kappa shape index (κ3) is 2.40. The lowest BCUT2D eigenvalue weighted by atomic mass is 10.1. The number of aromatic nitrogens is 3. The fraction of sp³-hybridized carbons (Fsp3) is 0.667. The van der Waals surface area contributed by atoms with Crippen LogP contribution in [0.1, 0.15) is 17.0 Å². The maximum Gasteiger partial charge on any atom is 0.202 e. The predicted octanol–water partition coefficient (Wildman–Crippen LogP) is -0.624. The number of nitrogens with zero attached hydrogens (tertiary/aromatic N) is 3. The van der Waals surface area contributed by atoms with E-state index in [1.807, 2.05) is 0 Å². The smallest absolute Gasteiger partial charge is 0.202 e. The monoisotopic (exact) mass is 210 g/mol. The maximum atomic E-state index is 11.8. The van der Waals surface area contributed by atoms with Crippen LogP contribution in [0, 0.1) is 0 Å². The van der Waals surface area contributed by atoms with E-state index in [1.165, 1.54) is 11.0 Å². The molecule has 1 fully saturated rings. The topological polar surface area (TPSA) is 69.0 Å². The van der Waals surface area contributed by atoms with E-state index < -0.39 is 0 Å². The number of ketones is 1. The molecule has 0 amide bonds. The Bertz CT molecular complexity index is 344. The molecule has 0 radical (unpaired) electrons. The SMILES string of the molecule is Cn1ncnc1C(=O)CC1CNCCO1. The van der Waals surface area contributed by atoms with Crippen molar-refractivity contribution in [1.29, 1.82) is 0 Å². The molecule has 6 nitrogen and oxygen atoms in total. The fourth-order valence-corrected chi connectivity index (χ4v) is 1.60. The molecule has 6 heteroatoms. The highest BCUT2D eigenvalue weighted by atomic mass is 16.5. The summed E-state index contributed by atoms with van der Waals surface area (Å²) in [6.45, 7) is 2.25. The van der Waals surface area contributed by atoms with E-state index in [0.29, 0.717) is 18.9 Å². The zero-order valence-corrected chi connectivity index (χ0v) is 8.64. The van der Waals surface area contributed by atoms with Crippen molar-refractivity contribution >= 4 is 5.78 Å². The largest absolute Gasteiger partial charge is 0.375 e. The van der Waals surface area contributed by atoms with E-state index >= 15 is 0 Å². The van der Waals surface area contributed by atoms with E-state index in [4.69, 9.17) is 4.74 Å². The highest BCUT2D eigenvalue weighted by Crippen LogP contribution is 2.06. The molecule has 1 saturated heterocycles. The van der Waals surface area contributed by atoms with Crippen LogP contribution in [0.5, 0.6) is 0 Å². The molecule has 1 aromatic heterocycles. The zero-order valence-electron chi connectivity index (χ0n) is 8.64. The lowest BCUT2D eigenvalue weighted by Crippen LogP contribution is -2.39. The molecule has 1 aliphatic heterocycles. The molecule has 82 valence electrons. The van der Waals surface area contributed by atoms with Crippen molar-refractivity contribution in [2.24, 2.45) is 7.05 Å². The number of rotatable bonds is 3. The molecule has 1 aromatic rings. The first-order chi connectivity index (χ1) is 7.27. The molecule has 1 unspecified atom stereocenters. The molecule has 0 saturated carbocycles. The number of hydrogen-bond acceptors (Lipinski definition) is 5. The third-order valence-electron chi connectivity index (χ3n) is 2.38. The average Bonchev–Trinajstić information content (AvgIpc) is 2.66. The summed E-state index contributed by atoms with van der Waals surface area (Å²) in [7, 11) is 1.71. The van der Waals surface area contributed by atoms with Crippen LogP contribution in [0.3, 0.4) is 0 Å². The highest BCUT2D eigenvalue weighted by Gasteiger charge is 2.20. The quantitative estimate of drug-likeness (QED) is 0.673. The molecule has 0 bridgehead atoms. The van der Waals surface area contributed by atoms with Gasteiger partial charge in [0.15, 0.2) is 5.82 Å². The van der Waals surface area contributed by atoms with Crippen LogP contribution in [0.4, 0.5) is 0 Å². The molecule has 2 rings (SSSR count). The molecule has 1 aliphatic rings. The summed E-state index contributed by atoms with van der Waals surface area (Å²) in [5.74, 6) is 0.368. The van der Waals surface area contributed by atoms with Crippen molar-refractivity contribution in [3.05, 3.63) is 12.2 Å². The Balaban J connectivity index is 1.94. The predicted molar refractivity (Wildman–Crippen MR) is 52.6 cm³/mol. The number of hydrogen-bond donors (Lipinski definition) is 1. The molecular weight excluding hydrogens is 196 g/mol. The zero-order chi connectivity index (χ0) is 10.7. The second-order valence-corrected chi connectivity index (χ2v) is 3.53. The molecule has 0 spiro atoms.